The maximum atomic E-state index is 12.6. The Morgan fingerprint density at radius 3 is 2.29 bits per heavy atom. The van der Waals surface area contributed by atoms with E-state index in [-0.39, 0.29) is 17.4 Å². The number of hydrogen-bond donors (Lipinski definition) is 2. The van der Waals surface area contributed by atoms with Crippen LogP contribution in [-0.4, -0.2) is 16.4 Å². The predicted octanol–water partition coefficient (Wildman–Crippen LogP) is 3.42. The quantitative estimate of drug-likeness (QED) is 0.717. The Balaban J connectivity index is 1.78. The van der Waals surface area contributed by atoms with Crippen molar-refractivity contribution in [3.05, 3.63) is 93.9 Å². The van der Waals surface area contributed by atoms with Crippen molar-refractivity contribution in [2.24, 2.45) is 0 Å². The van der Waals surface area contributed by atoms with Crippen molar-refractivity contribution >= 4 is 23.2 Å². The maximum Gasteiger partial charge on any atom is 0.257 e. The van der Waals surface area contributed by atoms with Gasteiger partial charge >= 0.3 is 0 Å². The molecule has 3 rings (SSSR count). The first kappa shape index (κ1) is 19.1. The molecule has 0 spiro atoms. The molecule has 6 nitrogen and oxygen atoms in total. The molecule has 0 aliphatic rings. The van der Waals surface area contributed by atoms with Gasteiger partial charge in [0.05, 0.1) is 12.1 Å². The van der Waals surface area contributed by atoms with E-state index in [1.54, 1.807) is 30.5 Å². The largest absolute Gasteiger partial charge is 0.326 e. The molecule has 0 bridgehead atoms. The number of rotatable bonds is 5. The number of benzene rings is 2. The van der Waals surface area contributed by atoms with Crippen molar-refractivity contribution in [1.82, 2.24) is 4.57 Å². The number of hydrogen-bond acceptors (Lipinski definition) is 3. The van der Waals surface area contributed by atoms with Gasteiger partial charge in [0.25, 0.3) is 11.5 Å². The molecule has 3 aromatic rings. The van der Waals surface area contributed by atoms with Crippen LogP contribution >= 0.6 is 0 Å². The normalized spacial score (nSPS) is 10.4. The van der Waals surface area contributed by atoms with Gasteiger partial charge in [-0.1, -0.05) is 35.9 Å². The van der Waals surface area contributed by atoms with Crippen LogP contribution in [0, 0.1) is 6.92 Å². The second kappa shape index (κ2) is 8.35. The van der Waals surface area contributed by atoms with Crippen LogP contribution in [0.15, 0.2) is 71.7 Å². The van der Waals surface area contributed by atoms with Crippen LogP contribution in [0.3, 0.4) is 0 Å². The standard InChI is InChI=1S/C22H21N3O3/c1-15-6-8-17(9-7-15)13-25-14-18(10-11-21(25)27)22(28)24-20-5-3-4-19(12-20)23-16(2)26/h3-12,14H,13H2,1-2H3,(H,23,26)(H,24,28). The number of carbonyl (C=O) groups excluding carboxylic acids is 2. The van der Waals surface area contributed by atoms with E-state index in [4.69, 9.17) is 0 Å². The third-order valence-corrected chi connectivity index (χ3v) is 4.16. The summed E-state index contributed by atoms with van der Waals surface area (Å²) in [5.41, 5.74) is 3.46. The van der Waals surface area contributed by atoms with E-state index >= 15 is 0 Å². The van der Waals surface area contributed by atoms with Gasteiger partial charge in [-0.3, -0.25) is 14.4 Å². The van der Waals surface area contributed by atoms with Crippen LogP contribution in [0.5, 0.6) is 0 Å². The summed E-state index contributed by atoms with van der Waals surface area (Å²) in [6.45, 7) is 3.81. The molecule has 0 aliphatic carbocycles. The van der Waals surface area contributed by atoms with Crippen LogP contribution in [0.4, 0.5) is 11.4 Å². The molecule has 0 fully saturated rings. The molecule has 1 aromatic heterocycles. The van der Waals surface area contributed by atoms with Crippen molar-refractivity contribution < 1.29 is 9.59 Å². The van der Waals surface area contributed by atoms with Crippen LogP contribution < -0.4 is 16.2 Å². The Hall–Kier alpha value is -3.67. The van der Waals surface area contributed by atoms with E-state index in [0.717, 1.165) is 11.1 Å². The summed E-state index contributed by atoms with van der Waals surface area (Å²) >= 11 is 0. The van der Waals surface area contributed by atoms with E-state index in [0.29, 0.717) is 23.5 Å². The Bertz CT molecular complexity index is 1070. The highest BCUT2D eigenvalue weighted by Gasteiger charge is 2.09. The molecule has 0 saturated heterocycles. The third-order valence-electron chi connectivity index (χ3n) is 4.16. The molecule has 0 saturated carbocycles. The summed E-state index contributed by atoms with van der Waals surface area (Å²) in [4.78, 5) is 35.9. The Morgan fingerprint density at radius 2 is 1.61 bits per heavy atom. The van der Waals surface area contributed by atoms with E-state index in [2.05, 4.69) is 10.6 Å². The minimum absolute atomic E-state index is 0.176. The van der Waals surface area contributed by atoms with Crippen molar-refractivity contribution in [2.45, 2.75) is 20.4 Å². The summed E-state index contributed by atoms with van der Waals surface area (Å²) in [6, 6.07) is 17.6. The van der Waals surface area contributed by atoms with E-state index in [1.165, 1.54) is 23.6 Å². The van der Waals surface area contributed by atoms with Gasteiger partial charge in [0, 0.05) is 30.6 Å². The fourth-order valence-electron chi connectivity index (χ4n) is 2.76. The number of pyridine rings is 1. The molecular formula is C22H21N3O3. The molecule has 2 N–H and O–H groups in total. The van der Waals surface area contributed by atoms with Gasteiger partial charge < -0.3 is 15.2 Å². The number of carbonyl (C=O) groups is 2. The van der Waals surface area contributed by atoms with Crippen molar-refractivity contribution in [3.8, 4) is 0 Å². The van der Waals surface area contributed by atoms with E-state index in [1.807, 2.05) is 31.2 Å². The molecule has 2 amide bonds. The van der Waals surface area contributed by atoms with Crippen LogP contribution in [-0.2, 0) is 11.3 Å². The molecule has 2 aromatic carbocycles. The number of aryl methyl sites for hydroxylation is 1. The average Bonchev–Trinajstić information content (AvgIpc) is 2.65. The highest BCUT2D eigenvalue weighted by molar-refractivity contribution is 6.04. The monoisotopic (exact) mass is 375 g/mol. The molecule has 0 aliphatic heterocycles. The Labute approximate surface area is 162 Å². The number of nitrogens with one attached hydrogen (secondary N) is 2. The number of amides is 2. The van der Waals surface area contributed by atoms with Gasteiger partial charge in [-0.25, -0.2) is 0 Å². The highest BCUT2D eigenvalue weighted by atomic mass is 16.2. The van der Waals surface area contributed by atoms with Crippen molar-refractivity contribution in [2.75, 3.05) is 10.6 Å². The summed E-state index contributed by atoms with van der Waals surface area (Å²) in [5.74, 6) is -0.524. The van der Waals surface area contributed by atoms with Crippen molar-refractivity contribution in [1.29, 1.82) is 0 Å². The Kier molecular flexibility index (Phi) is 5.69. The molecule has 0 radical (unpaired) electrons. The van der Waals surface area contributed by atoms with Gasteiger partial charge in [0.1, 0.15) is 0 Å². The predicted molar refractivity (Wildman–Crippen MR) is 110 cm³/mol. The first-order valence-electron chi connectivity index (χ1n) is 8.86. The summed E-state index contributed by atoms with van der Waals surface area (Å²) in [6.07, 6.45) is 1.55. The SMILES string of the molecule is CC(=O)Nc1cccc(NC(=O)c2ccc(=O)n(Cc3ccc(C)cc3)c2)c1. The number of aromatic nitrogens is 1. The minimum Gasteiger partial charge on any atom is -0.326 e. The molecule has 1 heterocycles. The van der Waals surface area contributed by atoms with Gasteiger partial charge in [0.2, 0.25) is 5.91 Å². The zero-order valence-corrected chi connectivity index (χ0v) is 15.7. The zero-order chi connectivity index (χ0) is 20.1. The molecule has 6 heteroatoms. The van der Waals surface area contributed by atoms with Crippen LogP contribution in [0.2, 0.25) is 0 Å². The average molecular weight is 375 g/mol. The lowest BCUT2D eigenvalue weighted by molar-refractivity contribution is -0.114. The lowest BCUT2D eigenvalue weighted by atomic mass is 10.1. The summed E-state index contributed by atoms with van der Waals surface area (Å²) in [7, 11) is 0. The first-order valence-corrected chi connectivity index (χ1v) is 8.86. The smallest absolute Gasteiger partial charge is 0.257 e. The zero-order valence-electron chi connectivity index (χ0n) is 15.7. The summed E-state index contributed by atoms with van der Waals surface area (Å²) in [5, 5.41) is 5.45. The molecular weight excluding hydrogens is 354 g/mol. The molecule has 0 unspecified atom stereocenters. The van der Waals surface area contributed by atoms with Crippen LogP contribution in [0.25, 0.3) is 0 Å². The lowest BCUT2D eigenvalue weighted by Gasteiger charge is -2.10. The fourth-order valence-corrected chi connectivity index (χ4v) is 2.76. The lowest BCUT2D eigenvalue weighted by Crippen LogP contribution is -2.22. The third kappa shape index (κ3) is 4.94. The number of anilines is 2. The van der Waals surface area contributed by atoms with Gasteiger partial charge in [0.15, 0.2) is 0 Å². The fraction of sp³-hybridized carbons (Fsp3) is 0.136. The number of nitrogens with zero attached hydrogens (tertiary/aromatic N) is 1. The highest BCUT2D eigenvalue weighted by Crippen LogP contribution is 2.16. The van der Waals surface area contributed by atoms with Crippen LogP contribution in [0.1, 0.15) is 28.4 Å². The molecule has 28 heavy (non-hydrogen) atoms. The van der Waals surface area contributed by atoms with Crippen molar-refractivity contribution in [3.63, 3.8) is 0 Å². The van der Waals surface area contributed by atoms with E-state index < -0.39 is 0 Å². The topological polar surface area (TPSA) is 80.2 Å². The second-order valence-corrected chi connectivity index (χ2v) is 6.59. The minimum atomic E-state index is -0.336. The molecule has 142 valence electrons. The second-order valence-electron chi connectivity index (χ2n) is 6.59. The first-order chi connectivity index (χ1) is 13.4. The van der Waals surface area contributed by atoms with E-state index in [9.17, 15) is 14.4 Å². The maximum absolute atomic E-state index is 12.6. The van der Waals surface area contributed by atoms with Gasteiger partial charge in [-0.2, -0.15) is 0 Å². The van der Waals surface area contributed by atoms with Gasteiger partial charge in [-0.05, 0) is 36.8 Å². The molecule has 0 atom stereocenters. The van der Waals surface area contributed by atoms with Gasteiger partial charge in [-0.15, -0.1) is 0 Å². The summed E-state index contributed by atoms with van der Waals surface area (Å²) < 4.78 is 1.51. The Morgan fingerprint density at radius 1 is 0.929 bits per heavy atom.